The topological polar surface area (TPSA) is 30.5 Å². The maximum atomic E-state index is 6.35. The van der Waals surface area contributed by atoms with E-state index in [0.29, 0.717) is 29.7 Å². The van der Waals surface area contributed by atoms with Crippen LogP contribution in [-0.4, -0.2) is 13.7 Å². The molecule has 0 aliphatic carbocycles. The molecule has 0 aliphatic heterocycles. The summed E-state index contributed by atoms with van der Waals surface area (Å²) in [7, 11) is 1.63. The Morgan fingerprint density at radius 2 is 1.91 bits per heavy atom. The van der Waals surface area contributed by atoms with Gasteiger partial charge in [0.05, 0.1) is 18.7 Å². The van der Waals surface area contributed by atoms with Crippen molar-refractivity contribution in [1.29, 1.82) is 0 Å². The summed E-state index contributed by atoms with van der Waals surface area (Å²) in [6.07, 6.45) is 0.928. The van der Waals surface area contributed by atoms with Crippen LogP contribution in [0.1, 0.15) is 37.4 Å². The second-order valence-electron chi connectivity index (χ2n) is 5.47. The number of ether oxygens (including phenoxy) is 2. The van der Waals surface area contributed by atoms with Crippen LogP contribution in [0.3, 0.4) is 0 Å². The Balaban J connectivity index is 2.07. The lowest BCUT2D eigenvalue weighted by molar-refractivity contribution is 0.294. The van der Waals surface area contributed by atoms with Gasteiger partial charge in [-0.1, -0.05) is 48.9 Å². The molecule has 23 heavy (non-hydrogen) atoms. The molecule has 1 N–H and O–H groups in total. The lowest BCUT2D eigenvalue weighted by atomic mass is 10.1. The molecule has 0 aliphatic rings. The molecule has 0 fully saturated rings. The molecule has 0 spiro atoms. The summed E-state index contributed by atoms with van der Waals surface area (Å²) in [6, 6.07) is 14.5. The average molecular weight is 334 g/mol. The predicted octanol–water partition coefficient (Wildman–Crippen LogP) is 4.99. The highest BCUT2D eigenvalue weighted by atomic mass is 35.5. The summed E-state index contributed by atoms with van der Waals surface area (Å²) < 4.78 is 11.1. The number of hydrogen-bond donors (Lipinski definition) is 1. The van der Waals surface area contributed by atoms with Gasteiger partial charge < -0.3 is 14.8 Å². The standard InChI is InChI=1S/C19H24ClNO2/c1-4-10-23-19-17(20)11-15(12-18(19)22-3)13-21-14(2)16-8-6-5-7-9-16/h5-9,11-12,14,21H,4,10,13H2,1-3H3. The number of hydrogen-bond acceptors (Lipinski definition) is 3. The molecule has 2 rings (SSSR count). The molecule has 0 saturated carbocycles. The van der Waals surface area contributed by atoms with E-state index in [4.69, 9.17) is 21.1 Å². The zero-order valence-corrected chi connectivity index (χ0v) is 14.7. The van der Waals surface area contributed by atoms with E-state index in [1.807, 2.05) is 30.3 Å². The minimum Gasteiger partial charge on any atom is -0.493 e. The van der Waals surface area contributed by atoms with Gasteiger partial charge in [0, 0.05) is 12.6 Å². The van der Waals surface area contributed by atoms with Gasteiger partial charge in [-0.15, -0.1) is 0 Å². The molecule has 4 heteroatoms. The fraction of sp³-hybridized carbons (Fsp3) is 0.368. The maximum Gasteiger partial charge on any atom is 0.179 e. The molecular weight excluding hydrogens is 310 g/mol. The highest BCUT2D eigenvalue weighted by molar-refractivity contribution is 6.32. The van der Waals surface area contributed by atoms with Gasteiger partial charge in [-0.3, -0.25) is 0 Å². The monoisotopic (exact) mass is 333 g/mol. The minimum atomic E-state index is 0.261. The van der Waals surface area contributed by atoms with Crippen LogP contribution in [0.5, 0.6) is 11.5 Å². The van der Waals surface area contributed by atoms with Crippen molar-refractivity contribution in [2.24, 2.45) is 0 Å². The highest BCUT2D eigenvalue weighted by Crippen LogP contribution is 2.36. The third-order valence-corrected chi connectivity index (χ3v) is 3.93. The van der Waals surface area contributed by atoms with E-state index < -0.39 is 0 Å². The van der Waals surface area contributed by atoms with Crippen LogP contribution in [-0.2, 0) is 6.54 Å². The van der Waals surface area contributed by atoms with Crippen LogP contribution in [0.15, 0.2) is 42.5 Å². The quantitative estimate of drug-likeness (QED) is 0.738. The number of halogens is 1. The molecular formula is C19H24ClNO2. The second-order valence-corrected chi connectivity index (χ2v) is 5.88. The van der Waals surface area contributed by atoms with Crippen LogP contribution in [0.25, 0.3) is 0 Å². The summed E-state index contributed by atoms with van der Waals surface area (Å²) >= 11 is 6.35. The first-order valence-corrected chi connectivity index (χ1v) is 8.31. The Kier molecular flexibility index (Phi) is 6.75. The first-order valence-electron chi connectivity index (χ1n) is 7.93. The number of benzene rings is 2. The largest absolute Gasteiger partial charge is 0.493 e. The van der Waals surface area contributed by atoms with Gasteiger partial charge in [0.2, 0.25) is 0 Å². The van der Waals surface area contributed by atoms with Crippen molar-refractivity contribution in [2.75, 3.05) is 13.7 Å². The van der Waals surface area contributed by atoms with Crippen molar-refractivity contribution in [2.45, 2.75) is 32.9 Å². The smallest absolute Gasteiger partial charge is 0.179 e. The fourth-order valence-corrected chi connectivity index (χ4v) is 2.64. The normalized spacial score (nSPS) is 12.0. The van der Waals surface area contributed by atoms with Crippen molar-refractivity contribution >= 4 is 11.6 Å². The molecule has 1 atom stereocenters. The van der Waals surface area contributed by atoms with E-state index in [1.54, 1.807) is 7.11 Å². The van der Waals surface area contributed by atoms with Gasteiger partial charge in [-0.2, -0.15) is 0 Å². The van der Waals surface area contributed by atoms with Crippen molar-refractivity contribution in [3.63, 3.8) is 0 Å². The van der Waals surface area contributed by atoms with Gasteiger partial charge in [0.15, 0.2) is 11.5 Å². The lowest BCUT2D eigenvalue weighted by Crippen LogP contribution is -2.18. The first kappa shape index (κ1) is 17.6. The molecule has 0 aromatic heterocycles. The van der Waals surface area contributed by atoms with Crippen LogP contribution in [0.2, 0.25) is 5.02 Å². The molecule has 1 unspecified atom stereocenters. The van der Waals surface area contributed by atoms with Gasteiger partial charge in [-0.05, 0) is 36.6 Å². The highest BCUT2D eigenvalue weighted by Gasteiger charge is 2.12. The molecule has 2 aromatic rings. The van der Waals surface area contributed by atoms with Gasteiger partial charge in [0.25, 0.3) is 0 Å². The van der Waals surface area contributed by atoms with Crippen LogP contribution >= 0.6 is 11.6 Å². The summed E-state index contributed by atoms with van der Waals surface area (Å²) in [5.74, 6) is 1.30. The van der Waals surface area contributed by atoms with E-state index in [1.165, 1.54) is 5.56 Å². The Morgan fingerprint density at radius 3 is 2.57 bits per heavy atom. The third-order valence-electron chi connectivity index (χ3n) is 3.65. The molecule has 0 bridgehead atoms. The number of methoxy groups -OCH3 is 1. The SMILES string of the molecule is CCCOc1c(Cl)cc(CNC(C)c2ccccc2)cc1OC. The second kappa shape index (κ2) is 8.80. The fourth-order valence-electron chi connectivity index (χ4n) is 2.35. The van der Waals surface area contributed by atoms with E-state index in [2.05, 4.69) is 31.3 Å². The van der Waals surface area contributed by atoms with Crippen LogP contribution in [0, 0.1) is 0 Å². The molecule has 0 radical (unpaired) electrons. The van der Waals surface area contributed by atoms with Crippen LogP contribution in [0.4, 0.5) is 0 Å². The van der Waals surface area contributed by atoms with Gasteiger partial charge in [0.1, 0.15) is 0 Å². The van der Waals surface area contributed by atoms with Gasteiger partial charge in [-0.25, -0.2) is 0 Å². The maximum absolute atomic E-state index is 6.35. The molecule has 3 nitrogen and oxygen atoms in total. The molecule has 124 valence electrons. The Labute approximate surface area is 143 Å². The summed E-state index contributed by atoms with van der Waals surface area (Å²) in [5, 5.41) is 4.09. The first-order chi connectivity index (χ1) is 11.2. The summed E-state index contributed by atoms with van der Waals surface area (Å²) in [5.41, 5.74) is 2.33. The zero-order chi connectivity index (χ0) is 16.7. The third kappa shape index (κ3) is 4.88. The Morgan fingerprint density at radius 1 is 1.17 bits per heavy atom. The van der Waals surface area contributed by atoms with Crippen molar-refractivity contribution in [3.8, 4) is 11.5 Å². The minimum absolute atomic E-state index is 0.261. The van der Waals surface area contributed by atoms with E-state index >= 15 is 0 Å². The molecule has 2 aromatic carbocycles. The zero-order valence-electron chi connectivity index (χ0n) is 13.9. The Bertz CT molecular complexity index is 616. The molecule has 0 heterocycles. The number of rotatable bonds is 8. The molecule has 0 saturated heterocycles. The summed E-state index contributed by atoms with van der Waals surface area (Å²) in [4.78, 5) is 0. The summed E-state index contributed by atoms with van der Waals surface area (Å²) in [6.45, 7) is 5.54. The van der Waals surface area contributed by atoms with Crippen molar-refractivity contribution in [1.82, 2.24) is 5.32 Å². The average Bonchev–Trinajstić information content (AvgIpc) is 2.59. The van der Waals surface area contributed by atoms with Crippen LogP contribution < -0.4 is 14.8 Å². The number of nitrogens with one attached hydrogen (secondary N) is 1. The van der Waals surface area contributed by atoms with E-state index in [-0.39, 0.29) is 6.04 Å². The Hall–Kier alpha value is -1.71. The van der Waals surface area contributed by atoms with E-state index in [9.17, 15) is 0 Å². The van der Waals surface area contributed by atoms with Crippen molar-refractivity contribution in [3.05, 3.63) is 58.6 Å². The van der Waals surface area contributed by atoms with E-state index in [0.717, 1.165) is 12.0 Å². The molecule has 0 amide bonds. The van der Waals surface area contributed by atoms with Crippen molar-refractivity contribution < 1.29 is 9.47 Å². The lowest BCUT2D eigenvalue weighted by Gasteiger charge is -2.17. The predicted molar refractivity (Wildman–Crippen MR) is 95.5 cm³/mol. The van der Waals surface area contributed by atoms with Gasteiger partial charge >= 0.3 is 0 Å².